The Morgan fingerprint density at radius 1 is 1.36 bits per heavy atom. The predicted octanol–water partition coefficient (Wildman–Crippen LogP) is 2.21. The van der Waals surface area contributed by atoms with Crippen molar-refractivity contribution in [1.29, 1.82) is 0 Å². The lowest BCUT2D eigenvalue weighted by molar-refractivity contribution is 0.440. The van der Waals surface area contributed by atoms with E-state index >= 15 is 0 Å². The van der Waals surface area contributed by atoms with Gasteiger partial charge in [0.2, 0.25) is 0 Å². The summed E-state index contributed by atoms with van der Waals surface area (Å²) < 4.78 is 0. The maximum absolute atomic E-state index is 6.01. The number of rotatable bonds is 0. The van der Waals surface area contributed by atoms with Gasteiger partial charge in [-0.25, -0.2) is 0 Å². The molecule has 3 heteroatoms. The second-order valence-corrected chi connectivity index (χ2v) is 4.52. The van der Waals surface area contributed by atoms with Crippen molar-refractivity contribution in [2.75, 3.05) is 18.4 Å². The summed E-state index contributed by atoms with van der Waals surface area (Å²) in [5, 5.41) is 7.84. The van der Waals surface area contributed by atoms with Gasteiger partial charge in [0.05, 0.1) is 0 Å². The first kappa shape index (κ1) is 8.57. The second-order valence-electron chi connectivity index (χ2n) is 4.08. The largest absolute Gasteiger partial charge is 0.381 e. The third kappa shape index (κ3) is 1.22. The van der Waals surface area contributed by atoms with Crippen LogP contribution in [-0.2, 0) is 0 Å². The fourth-order valence-electron chi connectivity index (χ4n) is 2.53. The summed E-state index contributed by atoms with van der Waals surface area (Å²) in [5.41, 5.74) is 2.66. The van der Waals surface area contributed by atoms with E-state index in [9.17, 15) is 0 Å². The zero-order chi connectivity index (χ0) is 9.54. The number of hydrogen-bond acceptors (Lipinski definition) is 2. The molecule has 0 aliphatic carbocycles. The fourth-order valence-corrected chi connectivity index (χ4v) is 2.71. The van der Waals surface area contributed by atoms with Gasteiger partial charge in [-0.15, -0.1) is 0 Å². The summed E-state index contributed by atoms with van der Waals surface area (Å²) in [6.07, 6.45) is 1.21. The molecule has 0 aromatic heterocycles. The van der Waals surface area contributed by atoms with Crippen molar-refractivity contribution < 1.29 is 0 Å². The number of halogens is 1. The van der Waals surface area contributed by atoms with Gasteiger partial charge in [-0.05, 0) is 36.7 Å². The molecule has 3 rings (SSSR count). The van der Waals surface area contributed by atoms with Crippen molar-refractivity contribution in [3.05, 3.63) is 28.8 Å². The van der Waals surface area contributed by atoms with Crippen molar-refractivity contribution in [2.24, 2.45) is 0 Å². The van der Waals surface area contributed by atoms with Gasteiger partial charge in [-0.3, -0.25) is 0 Å². The fraction of sp³-hybridized carbons (Fsp3) is 0.455. The molecule has 2 aliphatic heterocycles. The van der Waals surface area contributed by atoms with Crippen LogP contribution in [-0.4, -0.2) is 19.1 Å². The molecule has 0 radical (unpaired) electrons. The van der Waals surface area contributed by atoms with Crippen LogP contribution >= 0.6 is 11.6 Å². The van der Waals surface area contributed by atoms with Gasteiger partial charge < -0.3 is 10.6 Å². The second kappa shape index (κ2) is 3.14. The Morgan fingerprint density at radius 3 is 3.21 bits per heavy atom. The van der Waals surface area contributed by atoms with Gasteiger partial charge in [-0.2, -0.15) is 0 Å². The van der Waals surface area contributed by atoms with E-state index in [0.29, 0.717) is 12.0 Å². The van der Waals surface area contributed by atoms with Crippen LogP contribution in [0, 0.1) is 0 Å². The minimum atomic E-state index is 0.609. The molecule has 1 saturated heterocycles. The molecule has 0 unspecified atom stereocenters. The molecule has 1 aromatic rings. The Labute approximate surface area is 88.6 Å². The van der Waals surface area contributed by atoms with Crippen LogP contribution in [0.2, 0.25) is 5.02 Å². The highest BCUT2D eigenvalue weighted by atomic mass is 35.5. The van der Waals surface area contributed by atoms with E-state index in [1.165, 1.54) is 17.7 Å². The Morgan fingerprint density at radius 2 is 2.29 bits per heavy atom. The number of hydrogen-bond donors (Lipinski definition) is 2. The summed E-state index contributed by atoms with van der Waals surface area (Å²) >= 11 is 6.01. The van der Waals surface area contributed by atoms with Crippen LogP contribution in [0.15, 0.2) is 18.2 Å². The van der Waals surface area contributed by atoms with Gasteiger partial charge in [0.15, 0.2) is 0 Å². The van der Waals surface area contributed by atoms with Crippen LogP contribution in [0.1, 0.15) is 17.9 Å². The molecule has 0 bridgehead atoms. The summed E-state index contributed by atoms with van der Waals surface area (Å²) in [4.78, 5) is 0. The van der Waals surface area contributed by atoms with Gasteiger partial charge in [0.1, 0.15) is 0 Å². The van der Waals surface area contributed by atoms with Crippen molar-refractivity contribution in [3.8, 4) is 0 Å². The molecule has 2 nitrogen and oxygen atoms in total. The molecule has 2 heterocycles. The van der Waals surface area contributed by atoms with Crippen LogP contribution in [0.25, 0.3) is 0 Å². The normalized spacial score (nSPS) is 29.2. The average Bonchev–Trinajstić information content (AvgIpc) is 2.56. The number of fused-ring (bicyclic) bond motifs is 3. The third-order valence-electron chi connectivity index (χ3n) is 3.24. The topological polar surface area (TPSA) is 24.1 Å². The van der Waals surface area contributed by atoms with E-state index in [1.807, 2.05) is 6.07 Å². The van der Waals surface area contributed by atoms with Gasteiger partial charge in [0, 0.05) is 29.2 Å². The van der Waals surface area contributed by atoms with E-state index in [4.69, 9.17) is 11.6 Å². The van der Waals surface area contributed by atoms with Crippen LogP contribution in [0.3, 0.4) is 0 Å². The van der Waals surface area contributed by atoms with E-state index in [0.717, 1.165) is 18.1 Å². The Kier molecular flexibility index (Phi) is 1.92. The van der Waals surface area contributed by atoms with Crippen molar-refractivity contribution >= 4 is 17.3 Å². The summed E-state index contributed by atoms with van der Waals surface area (Å²) in [6, 6.07) is 6.76. The van der Waals surface area contributed by atoms with Gasteiger partial charge in [-0.1, -0.05) is 11.6 Å². The molecule has 0 saturated carbocycles. The molecule has 0 amide bonds. The number of anilines is 1. The van der Waals surface area contributed by atoms with Gasteiger partial charge in [0.25, 0.3) is 0 Å². The first-order valence-corrected chi connectivity index (χ1v) is 5.49. The monoisotopic (exact) mass is 208 g/mol. The SMILES string of the molecule is Clc1ccc2c(c1)[C@H]1CNCC[C@@H]1N2. The molecular formula is C11H13ClN2. The molecule has 14 heavy (non-hydrogen) atoms. The smallest absolute Gasteiger partial charge is 0.0410 e. The maximum Gasteiger partial charge on any atom is 0.0410 e. The Bertz CT molecular complexity index is 364. The third-order valence-corrected chi connectivity index (χ3v) is 3.47. The van der Waals surface area contributed by atoms with E-state index in [2.05, 4.69) is 22.8 Å². The standard InChI is InChI=1S/C11H13ClN2/c12-7-1-2-10-8(5-7)9-6-13-4-3-11(9)14-10/h1-2,5,9,11,13-14H,3-4,6H2/t9-,11+/m1/s1. The highest BCUT2D eigenvalue weighted by Gasteiger charge is 2.33. The van der Waals surface area contributed by atoms with E-state index < -0.39 is 0 Å². The van der Waals surface area contributed by atoms with Crippen molar-refractivity contribution in [2.45, 2.75) is 18.4 Å². The molecule has 2 N–H and O–H groups in total. The Hall–Kier alpha value is -0.730. The zero-order valence-corrected chi connectivity index (χ0v) is 8.64. The predicted molar refractivity (Wildman–Crippen MR) is 59.1 cm³/mol. The molecule has 1 aromatic carbocycles. The van der Waals surface area contributed by atoms with E-state index in [-0.39, 0.29) is 0 Å². The highest BCUT2D eigenvalue weighted by molar-refractivity contribution is 6.30. The minimum absolute atomic E-state index is 0.609. The quantitative estimate of drug-likeness (QED) is 0.683. The van der Waals surface area contributed by atoms with Crippen molar-refractivity contribution in [1.82, 2.24) is 5.32 Å². The summed E-state index contributed by atoms with van der Waals surface area (Å²) in [5.74, 6) is 0.609. The molecule has 2 atom stereocenters. The summed E-state index contributed by atoms with van der Waals surface area (Å²) in [7, 11) is 0. The zero-order valence-electron chi connectivity index (χ0n) is 7.89. The summed E-state index contributed by atoms with van der Waals surface area (Å²) in [6.45, 7) is 2.20. The van der Waals surface area contributed by atoms with Crippen LogP contribution < -0.4 is 10.6 Å². The van der Waals surface area contributed by atoms with E-state index in [1.54, 1.807) is 0 Å². The lowest BCUT2D eigenvalue weighted by atomic mass is 9.91. The number of benzene rings is 1. The van der Waals surface area contributed by atoms with Crippen LogP contribution in [0.4, 0.5) is 5.69 Å². The Balaban J connectivity index is 2.02. The van der Waals surface area contributed by atoms with Crippen LogP contribution in [0.5, 0.6) is 0 Å². The lowest BCUT2D eigenvalue weighted by Gasteiger charge is -2.26. The first-order chi connectivity index (χ1) is 6.84. The first-order valence-electron chi connectivity index (χ1n) is 5.11. The maximum atomic E-state index is 6.01. The molecule has 2 aliphatic rings. The molecule has 0 spiro atoms. The highest BCUT2D eigenvalue weighted by Crippen LogP contribution is 2.39. The molecular weight excluding hydrogens is 196 g/mol. The average molecular weight is 209 g/mol. The minimum Gasteiger partial charge on any atom is -0.381 e. The molecule has 1 fully saturated rings. The molecule has 74 valence electrons. The lowest BCUT2D eigenvalue weighted by Crippen LogP contribution is -2.38. The number of piperidine rings is 1. The number of nitrogens with one attached hydrogen (secondary N) is 2. The van der Waals surface area contributed by atoms with Crippen molar-refractivity contribution in [3.63, 3.8) is 0 Å². The van der Waals surface area contributed by atoms with Gasteiger partial charge >= 0.3 is 0 Å².